The first-order valence-corrected chi connectivity index (χ1v) is 6.86. The first kappa shape index (κ1) is 12.0. The Morgan fingerprint density at radius 2 is 2.28 bits per heavy atom. The van der Waals surface area contributed by atoms with Gasteiger partial charge in [-0.15, -0.1) is 11.6 Å². The van der Waals surface area contributed by atoms with E-state index >= 15 is 0 Å². The maximum absolute atomic E-state index is 11.3. The first-order valence-electron chi connectivity index (χ1n) is 6.42. The minimum Gasteiger partial charge on any atom is -0.376 e. The van der Waals surface area contributed by atoms with Gasteiger partial charge in [0, 0.05) is 18.7 Å². The summed E-state index contributed by atoms with van der Waals surface area (Å²) < 4.78 is 5.63. The average Bonchev–Trinajstić information content (AvgIpc) is 2.91. The zero-order valence-electron chi connectivity index (χ0n) is 10.1. The summed E-state index contributed by atoms with van der Waals surface area (Å²) in [7, 11) is 0. The zero-order valence-corrected chi connectivity index (χ0v) is 10.9. The number of halogens is 1. The van der Waals surface area contributed by atoms with E-state index in [0.29, 0.717) is 6.42 Å². The zero-order chi connectivity index (χ0) is 12.5. The molecule has 2 aliphatic heterocycles. The van der Waals surface area contributed by atoms with Crippen LogP contribution >= 0.6 is 11.6 Å². The predicted octanol–water partition coefficient (Wildman–Crippen LogP) is 3.03. The Kier molecular flexibility index (Phi) is 3.27. The smallest absolute Gasteiger partial charge is 0.224 e. The van der Waals surface area contributed by atoms with Crippen molar-refractivity contribution in [3.05, 3.63) is 29.3 Å². The molecule has 1 amide bonds. The van der Waals surface area contributed by atoms with Crippen LogP contribution in [0.25, 0.3) is 0 Å². The number of rotatable bonds is 2. The fraction of sp³-hybridized carbons (Fsp3) is 0.500. The highest BCUT2D eigenvalue weighted by Gasteiger charge is 2.26. The van der Waals surface area contributed by atoms with E-state index in [0.717, 1.165) is 37.1 Å². The minimum absolute atomic E-state index is 0.0876. The summed E-state index contributed by atoms with van der Waals surface area (Å²) in [5, 5.41) is 2.79. The largest absolute Gasteiger partial charge is 0.376 e. The second-order valence-electron chi connectivity index (χ2n) is 4.92. The highest BCUT2D eigenvalue weighted by molar-refractivity contribution is 6.21. The van der Waals surface area contributed by atoms with Crippen molar-refractivity contribution in [2.45, 2.75) is 37.2 Å². The van der Waals surface area contributed by atoms with E-state index in [2.05, 4.69) is 11.4 Å². The lowest BCUT2D eigenvalue weighted by Gasteiger charge is -2.21. The molecule has 0 aliphatic carbocycles. The van der Waals surface area contributed by atoms with E-state index in [4.69, 9.17) is 16.3 Å². The van der Waals surface area contributed by atoms with Gasteiger partial charge < -0.3 is 10.1 Å². The molecule has 2 aliphatic rings. The van der Waals surface area contributed by atoms with Gasteiger partial charge in [0.1, 0.15) is 0 Å². The highest BCUT2D eigenvalue weighted by Crippen LogP contribution is 2.34. The van der Waals surface area contributed by atoms with E-state index in [1.54, 1.807) is 0 Å². The Bertz CT molecular complexity index is 469. The number of amides is 1. The topological polar surface area (TPSA) is 38.3 Å². The number of alkyl halides is 1. The van der Waals surface area contributed by atoms with Crippen molar-refractivity contribution >= 4 is 23.2 Å². The van der Waals surface area contributed by atoms with Crippen molar-refractivity contribution < 1.29 is 9.53 Å². The van der Waals surface area contributed by atoms with Gasteiger partial charge in [0.15, 0.2) is 0 Å². The number of aryl methyl sites for hydroxylation is 1. The van der Waals surface area contributed by atoms with Crippen LogP contribution in [0.5, 0.6) is 0 Å². The molecule has 4 heteroatoms. The van der Waals surface area contributed by atoms with Crippen LogP contribution in [0.15, 0.2) is 18.2 Å². The molecule has 0 aromatic heterocycles. The molecule has 2 heterocycles. The molecule has 96 valence electrons. The van der Waals surface area contributed by atoms with Crippen molar-refractivity contribution in [3.8, 4) is 0 Å². The summed E-state index contributed by atoms with van der Waals surface area (Å²) in [6, 6.07) is 6.05. The second kappa shape index (κ2) is 4.90. The molecule has 0 spiro atoms. The summed E-state index contributed by atoms with van der Waals surface area (Å²) in [5.74, 6) is 0.0943. The third kappa shape index (κ3) is 2.25. The molecule has 2 atom stereocenters. The predicted molar refractivity (Wildman–Crippen MR) is 71.0 cm³/mol. The molecular weight excluding hydrogens is 250 g/mol. The lowest BCUT2D eigenvalue weighted by atomic mass is 9.97. The van der Waals surface area contributed by atoms with E-state index in [1.807, 2.05) is 12.1 Å². The average molecular weight is 266 g/mol. The number of carbonyl (C=O) groups is 1. The Balaban J connectivity index is 1.83. The van der Waals surface area contributed by atoms with Gasteiger partial charge in [-0.1, -0.05) is 12.1 Å². The lowest BCUT2D eigenvalue weighted by molar-refractivity contribution is -0.116. The van der Waals surface area contributed by atoms with Crippen LogP contribution < -0.4 is 5.32 Å². The Labute approximate surface area is 111 Å². The van der Waals surface area contributed by atoms with Gasteiger partial charge in [-0.2, -0.15) is 0 Å². The fourth-order valence-corrected chi connectivity index (χ4v) is 2.96. The van der Waals surface area contributed by atoms with Gasteiger partial charge in [0.25, 0.3) is 0 Å². The molecular formula is C14H16ClNO2. The molecule has 1 N–H and O–H groups in total. The molecule has 0 saturated carbocycles. The quantitative estimate of drug-likeness (QED) is 0.835. The fourth-order valence-electron chi connectivity index (χ4n) is 2.62. The van der Waals surface area contributed by atoms with Gasteiger partial charge in [-0.3, -0.25) is 4.79 Å². The third-order valence-electron chi connectivity index (χ3n) is 3.63. The van der Waals surface area contributed by atoms with Crippen LogP contribution in [0, 0.1) is 0 Å². The number of fused-ring (bicyclic) bond motifs is 1. The van der Waals surface area contributed by atoms with Crippen molar-refractivity contribution in [1.82, 2.24) is 0 Å². The number of anilines is 1. The molecule has 1 saturated heterocycles. The summed E-state index contributed by atoms with van der Waals surface area (Å²) >= 11 is 6.47. The van der Waals surface area contributed by atoms with Crippen LogP contribution in [0.3, 0.4) is 0 Å². The molecule has 3 rings (SSSR count). The summed E-state index contributed by atoms with van der Waals surface area (Å²) in [4.78, 5) is 11.3. The summed E-state index contributed by atoms with van der Waals surface area (Å²) in [6.07, 6.45) is 3.60. The van der Waals surface area contributed by atoms with E-state index in [9.17, 15) is 4.79 Å². The number of nitrogens with one attached hydrogen (secondary N) is 1. The van der Waals surface area contributed by atoms with Gasteiger partial charge >= 0.3 is 0 Å². The Morgan fingerprint density at radius 1 is 1.39 bits per heavy atom. The maximum atomic E-state index is 11.3. The Hall–Kier alpha value is -1.06. The van der Waals surface area contributed by atoms with Crippen molar-refractivity contribution in [1.29, 1.82) is 0 Å². The Morgan fingerprint density at radius 3 is 3.06 bits per heavy atom. The van der Waals surface area contributed by atoms with E-state index in [1.165, 1.54) is 5.56 Å². The number of benzene rings is 1. The SMILES string of the molecule is O=C1CCc2cc(C(Cl)C3CCCO3)ccc2N1. The third-order valence-corrected chi connectivity index (χ3v) is 4.17. The summed E-state index contributed by atoms with van der Waals surface area (Å²) in [6.45, 7) is 0.814. The first-order chi connectivity index (χ1) is 8.74. The van der Waals surface area contributed by atoms with Gasteiger partial charge in [0.2, 0.25) is 5.91 Å². The van der Waals surface area contributed by atoms with E-state index < -0.39 is 0 Å². The van der Waals surface area contributed by atoms with Crippen molar-refractivity contribution in [3.63, 3.8) is 0 Å². The molecule has 1 aromatic rings. The molecule has 0 bridgehead atoms. The number of hydrogen-bond donors (Lipinski definition) is 1. The minimum atomic E-state index is -0.0876. The van der Waals surface area contributed by atoms with Crippen LogP contribution in [-0.2, 0) is 16.0 Å². The van der Waals surface area contributed by atoms with E-state index in [-0.39, 0.29) is 17.4 Å². The monoisotopic (exact) mass is 265 g/mol. The standard InChI is InChI=1S/C14H16ClNO2/c15-14(12-2-1-7-18-12)10-3-5-11-9(8-10)4-6-13(17)16-11/h3,5,8,12,14H,1-2,4,6-7H2,(H,16,17). The molecule has 18 heavy (non-hydrogen) atoms. The number of carbonyl (C=O) groups excluding carboxylic acids is 1. The van der Waals surface area contributed by atoms with Crippen LogP contribution in [0.2, 0.25) is 0 Å². The highest BCUT2D eigenvalue weighted by atomic mass is 35.5. The van der Waals surface area contributed by atoms with Crippen LogP contribution in [0.4, 0.5) is 5.69 Å². The van der Waals surface area contributed by atoms with Gasteiger partial charge in [0.05, 0.1) is 11.5 Å². The van der Waals surface area contributed by atoms with Crippen LogP contribution in [-0.4, -0.2) is 18.6 Å². The van der Waals surface area contributed by atoms with Crippen molar-refractivity contribution in [2.75, 3.05) is 11.9 Å². The number of ether oxygens (including phenoxy) is 1. The van der Waals surface area contributed by atoms with Gasteiger partial charge in [-0.05, 0) is 36.5 Å². The molecule has 1 aromatic carbocycles. The molecule has 1 fully saturated rings. The maximum Gasteiger partial charge on any atom is 0.224 e. The van der Waals surface area contributed by atoms with Gasteiger partial charge in [-0.25, -0.2) is 0 Å². The van der Waals surface area contributed by atoms with Crippen LogP contribution in [0.1, 0.15) is 35.8 Å². The molecule has 3 nitrogen and oxygen atoms in total. The summed E-state index contributed by atoms with van der Waals surface area (Å²) in [5.41, 5.74) is 3.19. The van der Waals surface area contributed by atoms with Crippen molar-refractivity contribution in [2.24, 2.45) is 0 Å². The lowest BCUT2D eigenvalue weighted by Crippen LogP contribution is -2.19. The molecule has 2 unspecified atom stereocenters. The second-order valence-corrected chi connectivity index (χ2v) is 5.39. The normalized spacial score (nSPS) is 24.5. The molecule has 0 radical (unpaired) electrons. The number of hydrogen-bond acceptors (Lipinski definition) is 2.